The van der Waals surface area contributed by atoms with Gasteiger partial charge in [0.1, 0.15) is 5.01 Å². The molecule has 2 nitrogen and oxygen atoms in total. The van der Waals surface area contributed by atoms with Crippen LogP contribution in [0.25, 0.3) is 0 Å². The molecule has 0 amide bonds. The number of aromatic nitrogens is 1. The zero-order valence-corrected chi connectivity index (χ0v) is 14.2. The smallest absolute Gasteiger partial charge is 0.103 e. The van der Waals surface area contributed by atoms with E-state index in [1.807, 2.05) is 18.0 Å². The number of thiazole rings is 1. The van der Waals surface area contributed by atoms with Gasteiger partial charge in [-0.25, -0.2) is 4.98 Å². The van der Waals surface area contributed by atoms with Gasteiger partial charge in [-0.2, -0.15) is 0 Å². The fourth-order valence-electron chi connectivity index (χ4n) is 1.71. The van der Waals surface area contributed by atoms with E-state index in [0.717, 1.165) is 12.3 Å². The number of aryl methyl sites for hydroxylation is 1. The Morgan fingerprint density at radius 1 is 1.25 bits per heavy atom. The Morgan fingerprint density at radius 3 is 2.70 bits per heavy atom. The molecular weight excluding hydrogens is 284 g/mol. The van der Waals surface area contributed by atoms with E-state index in [0.29, 0.717) is 0 Å². The van der Waals surface area contributed by atoms with Gasteiger partial charge in [0, 0.05) is 28.1 Å². The zero-order valence-electron chi connectivity index (χ0n) is 12.6. The van der Waals surface area contributed by atoms with Crippen molar-refractivity contribution >= 4 is 23.1 Å². The Kier molecular flexibility index (Phi) is 5.24. The van der Waals surface area contributed by atoms with Crippen molar-refractivity contribution in [2.75, 3.05) is 0 Å². The molecule has 2 rings (SSSR count). The zero-order chi connectivity index (χ0) is 14.6. The fourth-order valence-corrected chi connectivity index (χ4v) is 3.60. The molecule has 0 saturated carbocycles. The number of rotatable bonds is 5. The van der Waals surface area contributed by atoms with Crippen molar-refractivity contribution in [1.82, 2.24) is 10.3 Å². The van der Waals surface area contributed by atoms with Crippen molar-refractivity contribution in [3.8, 4) is 0 Å². The van der Waals surface area contributed by atoms with Gasteiger partial charge >= 0.3 is 0 Å². The van der Waals surface area contributed by atoms with E-state index in [1.165, 1.54) is 20.3 Å². The summed E-state index contributed by atoms with van der Waals surface area (Å²) in [4.78, 5) is 7.17. The number of nitrogens with zero attached hydrogens (tertiary/aromatic N) is 1. The average molecular weight is 306 g/mol. The van der Waals surface area contributed by atoms with E-state index >= 15 is 0 Å². The van der Waals surface area contributed by atoms with E-state index in [9.17, 15) is 0 Å². The van der Waals surface area contributed by atoms with Gasteiger partial charge in [0.05, 0.1) is 5.75 Å². The summed E-state index contributed by atoms with van der Waals surface area (Å²) in [7, 11) is 0. The maximum absolute atomic E-state index is 4.52. The Bertz CT molecular complexity index is 556. The van der Waals surface area contributed by atoms with Crippen LogP contribution in [0.3, 0.4) is 0 Å². The van der Waals surface area contributed by atoms with E-state index in [2.05, 4.69) is 62.3 Å². The largest absolute Gasteiger partial charge is 0.307 e. The molecule has 0 spiro atoms. The lowest BCUT2D eigenvalue weighted by atomic mass is 10.1. The summed E-state index contributed by atoms with van der Waals surface area (Å²) in [6.07, 6.45) is 2.00. The molecule has 1 heterocycles. The molecule has 1 N–H and O–H groups in total. The third kappa shape index (κ3) is 4.93. The Hall–Kier alpha value is -0.840. The second kappa shape index (κ2) is 6.74. The van der Waals surface area contributed by atoms with Crippen molar-refractivity contribution in [3.63, 3.8) is 0 Å². The molecule has 0 bridgehead atoms. The van der Waals surface area contributed by atoms with Crippen LogP contribution in [0.1, 0.15) is 36.2 Å². The van der Waals surface area contributed by atoms with Crippen molar-refractivity contribution in [1.29, 1.82) is 0 Å². The van der Waals surface area contributed by atoms with E-state index < -0.39 is 0 Å². The standard InChI is InChI=1S/C16H22N2S2/c1-12-7-5-6-8-14(12)19-11-15-17-9-13(20-15)10-18-16(2,3)4/h5-9,18H,10-11H2,1-4H3. The third-order valence-corrected chi connectivity index (χ3v) is 5.21. The van der Waals surface area contributed by atoms with Crippen LogP contribution in [0.4, 0.5) is 0 Å². The Labute approximate surface area is 130 Å². The molecule has 0 fully saturated rings. The van der Waals surface area contributed by atoms with Crippen molar-refractivity contribution in [2.24, 2.45) is 0 Å². The third-order valence-electron chi connectivity index (χ3n) is 2.84. The second-order valence-electron chi connectivity index (χ2n) is 5.88. The van der Waals surface area contributed by atoms with Gasteiger partial charge in [-0.15, -0.1) is 23.1 Å². The van der Waals surface area contributed by atoms with Crippen molar-refractivity contribution < 1.29 is 0 Å². The molecule has 0 radical (unpaired) electrons. The number of hydrogen-bond donors (Lipinski definition) is 1. The Morgan fingerprint density at radius 2 is 2.00 bits per heavy atom. The SMILES string of the molecule is Cc1ccccc1SCc1ncc(CNC(C)(C)C)s1. The Balaban J connectivity index is 1.89. The molecule has 108 valence electrons. The fraction of sp³-hybridized carbons (Fsp3) is 0.438. The van der Waals surface area contributed by atoms with E-state index in [4.69, 9.17) is 0 Å². The van der Waals surface area contributed by atoms with Crippen molar-refractivity contribution in [2.45, 2.75) is 50.4 Å². The van der Waals surface area contributed by atoms with Crippen LogP contribution in [0.15, 0.2) is 35.4 Å². The van der Waals surface area contributed by atoms with Crippen LogP contribution in [-0.4, -0.2) is 10.5 Å². The normalized spacial score (nSPS) is 11.8. The number of benzene rings is 1. The summed E-state index contributed by atoms with van der Waals surface area (Å²) >= 11 is 3.67. The van der Waals surface area contributed by atoms with Gasteiger partial charge in [-0.3, -0.25) is 0 Å². The van der Waals surface area contributed by atoms with E-state index in [-0.39, 0.29) is 5.54 Å². The van der Waals surface area contributed by atoms with Crippen molar-refractivity contribution in [3.05, 3.63) is 45.9 Å². The lowest BCUT2D eigenvalue weighted by Gasteiger charge is -2.19. The second-order valence-corrected chi connectivity index (χ2v) is 8.09. The molecule has 0 aliphatic heterocycles. The van der Waals surface area contributed by atoms with Crippen LogP contribution in [0.2, 0.25) is 0 Å². The molecular formula is C16H22N2S2. The topological polar surface area (TPSA) is 24.9 Å². The minimum atomic E-state index is 0.153. The lowest BCUT2D eigenvalue weighted by molar-refractivity contribution is 0.426. The van der Waals surface area contributed by atoms with Gasteiger partial charge in [-0.05, 0) is 39.3 Å². The van der Waals surface area contributed by atoms with Crippen LogP contribution < -0.4 is 5.32 Å². The summed E-state index contributed by atoms with van der Waals surface area (Å²) < 4.78 is 0. The molecule has 1 aromatic heterocycles. The molecule has 4 heteroatoms. The van der Waals surface area contributed by atoms with Crippen LogP contribution in [-0.2, 0) is 12.3 Å². The maximum Gasteiger partial charge on any atom is 0.103 e. The molecule has 0 saturated heterocycles. The summed E-state index contributed by atoms with van der Waals surface area (Å²) in [5.74, 6) is 0.949. The van der Waals surface area contributed by atoms with E-state index in [1.54, 1.807) is 11.3 Å². The summed E-state index contributed by atoms with van der Waals surface area (Å²) in [5, 5.41) is 4.70. The lowest BCUT2D eigenvalue weighted by Crippen LogP contribution is -2.34. The quantitative estimate of drug-likeness (QED) is 0.815. The molecule has 2 aromatic rings. The summed E-state index contributed by atoms with van der Waals surface area (Å²) in [6.45, 7) is 9.61. The molecule has 0 aliphatic carbocycles. The molecule has 0 aliphatic rings. The predicted molar refractivity (Wildman–Crippen MR) is 89.4 cm³/mol. The van der Waals surface area contributed by atoms with Crippen LogP contribution >= 0.6 is 23.1 Å². The minimum Gasteiger partial charge on any atom is -0.307 e. The first kappa shape index (κ1) is 15.5. The molecule has 0 atom stereocenters. The van der Waals surface area contributed by atoms with Crippen LogP contribution in [0, 0.1) is 6.92 Å². The first-order chi connectivity index (χ1) is 9.44. The predicted octanol–water partition coefficient (Wildman–Crippen LogP) is 4.63. The minimum absolute atomic E-state index is 0.153. The highest BCUT2D eigenvalue weighted by Gasteiger charge is 2.10. The number of hydrogen-bond acceptors (Lipinski definition) is 4. The molecule has 1 aromatic carbocycles. The monoisotopic (exact) mass is 306 g/mol. The highest BCUT2D eigenvalue weighted by Crippen LogP contribution is 2.27. The van der Waals surface area contributed by atoms with Gasteiger partial charge in [-0.1, -0.05) is 18.2 Å². The summed E-state index contributed by atoms with van der Waals surface area (Å²) in [6, 6.07) is 8.51. The highest BCUT2D eigenvalue weighted by atomic mass is 32.2. The summed E-state index contributed by atoms with van der Waals surface area (Å²) in [5.41, 5.74) is 1.49. The first-order valence-corrected chi connectivity index (χ1v) is 8.61. The maximum atomic E-state index is 4.52. The first-order valence-electron chi connectivity index (χ1n) is 6.81. The molecule has 0 unspecified atom stereocenters. The number of nitrogens with one attached hydrogen (secondary N) is 1. The van der Waals surface area contributed by atoms with Gasteiger partial charge < -0.3 is 5.32 Å². The van der Waals surface area contributed by atoms with Gasteiger partial charge in [0.15, 0.2) is 0 Å². The number of thioether (sulfide) groups is 1. The van der Waals surface area contributed by atoms with Crippen LogP contribution in [0.5, 0.6) is 0 Å². The highest BCUT2D eigenvalue weighted by molar-refractivity contribution is 7.98. The molecule has 20 heavy (non-hydrogen) atoms. The van der Waals surface area contributed by atoms with Gasteiger partial charge in [0.2, 0.25) is 0 Å². The average Bonchev–Trinajstić information content (AvgIpc) is 2.83. The van der Waals surface area contributed by atoms with Gasteiger partial charge in [0.25, 0.3) is 0 Å².